The maximum absolute atomic E-state index is 12.5. The van der Waals surface area contributed by atoms with Gasteiger partial charge < -0.3 is 14.7 Å². The first-order chi connectivity index (χ1) is 13.6. The van der Waals surface area contributed by atoms with Gasteiger partial charge in [0.05, 0.1) is 29.1 Å². The Kier molecular flexibility index (Phi) is 5.79. The standard InChI is InChI=1S/C23H35N3O2/c1-3-28-22(27)19-14-21(20-15-23(25-24-20)12-8-5-9-13-23)26(17(19)2)16-18-10-6-4-7-11-18/h14,18,25H,3-13,15-16H2,1-2H3. The van der Waals surface area contributed by atoms with Gasteiger partial charge in [0.25, 0.3) is 0 Å². The first-order valence-corrected chi connectivity index (χ1v) is 11.3. The molecule has 0 amide bonds. The predicted octanol–water partition coefficient (Wildman–Crippen LogP) is 4.95. The zero-order valence-corrected chi connectivity index (χ0v) is 17.6. The number of hydrazone groups is 1. The van der Waals surface area contributed by atoms with Crippen molar-refractivity contribution < 1.29 is 9.53 Å². The van der Waals surface area contributed by atoms with Crippen LogP contribution in [0.15, 0.2) is 11.2 Å². The number of carbonyl (C=O) groups excluding carboxylic acids is 1. The molecule has 28 heavy (non-hydrogen) atoms. The number of hydrogen-bond acceptors (Lipinski definition) is 4. The van der Waals surface area contributed by atoms with Gasteiger partial charge in [-0.1, -0.05) is 38.5 Å². The van der Waals surface area contributed by atoms with Gasteiger partial charge in [0.1, 0.15) is 0 Å². The smallest absolute Gasteiger partial charge is 0.339 e. The second-order valence-electron chi connectivity index (χ2n) is 9.05. The van der Waals surface area contributed by atoms with E-state index in [0.717, 1.165) is 30.1 Å². The van der Waals surface area contributed by atoms with Crippen LogP contribution >= 0.6 is 0 Å². The SMILES string of the molecule is CCOC(=O)c1cc(C2=NNC3(CCCCC3)C2)n(CC2CCCCC2)c1C. The van der Waals surface area contributed by atoms with Crippen LogP contribution in [0.5, 0.6) is 0 Å². The van der Waals surface area contributed by atoms with Gasteiger partial charge in [0.2, 0.25) is 0 Å². The minimum absolute atomic E-state index is 0.144. The third-order valence-electron chi connectivity index (χ3n) is 7.07. The van der Waals surface area contributed by atoms with Gasteiger partial charge in [-0.3, -0.25) is 0 Å². The van der Waals surface area contributed by atoms with Gasteiger partial charge in [0.15, 0.2) is 0 Å². The van der Waals surface area contributed by atoms with E-state index in [-0.39, 0.29) is 11.5 Å². The lowest BCUT2D eigenvalue weighted by molar-refractivity contribution is 0.0525. The van der Waals surface area contributed by atoms with Gasteiger partial charge in [-0.15, -0.1) is 0 Å². The highest BCUT2D eigenvalue weighted by atomic mass is 16.5. The second kappa shape index (κ2) is 8.30. The van der Waals surface area contributed by atoms with Crippen molar-refractivity contribution in [3.05, 3.63) is 23.0 Å². The average Bonchev–Trinajstić information content (AvgIpc) is 3.25. The van der Waals surface area contributed by atoms with E-state index in [0.29, 0.717) is 18.1 Å². The molecule has 154 valence electrons. The number of esters is 1. The number of carbonyl (C=O) groups is 1. The summed E-state index contributed by atoms with van der Waals surface area (Å²) in [5.41, 5.74) is 7.63. The third kappa shape index (κ3) is 3.85. The fourth-order valence-electron chi connectivity index (χ4n) is 5.41. The summed E-state index contributed by atoms with van der Waals surface area (Å²) >= 11 is 0. The average molecular weight is 386 g/mol. The van der Waals surface area contributed by atoms with Gasteiger partial charge >= 0.3 is 5.97 Å². The van der Waals surface area contributed by atoms with Crippen LogP contribution in [0.4, 0.5) is 0 Å². The third-order valence-corrected chi connectivity index (χ3v) is 7.07. The van der Waals surface area contributed by atoms with Crippen LogP contribution in [-0.4, -0.2) is 28.4 Å². The molecule has 2 heterocycles. The van der Waals surface area contributed by atoms with Crippen LogP contribution in [0.1, 0.15) is 99.3 Å². The van der Waals surface area contributed by atoms with E-state index in [9.17, 15) is 4.79 Å². The molecule has 2 saturated carbocycles. The Morgan fingerprint density at radius 1 is 1.21 bits per heavy atom. The largest absolute Gasteiger partial charge is 0.462 e. The lowest BCUT2D eigenvalue weighted by atomic mass is 9.79. The summed E-state index contributed by atoms with van der Waals surface area (Å²) in [5, 5.41) is 4.79. The Bertz CT molecular complexity index is 737. The Morgan fingerprint density at radius 2 is 1.93 bits per heavy atom. The van der Waals surface area contributed by atoms with Crippen LogP contribution in [0.3, 0.4) is 0 Å². The van der Waals surface area contributed by atoms with E-state index >= 15 is 0 Å². The zero-order chi connectivity index (χ0) is 19.6. The molecular weight excluding hydrogens is 350 g/mol. The molecule has 1 aliphatic heterocycles. The second-order valence-corrected chi connectivity index (χ2v) is 9.05. The quantitative estimate of drug-likeness (QED) is 0.729. The molecule has 4 rings (SSSR count). The summed E-state index contributed by atoms with van der Waals surface area (Å²) in [7, 11) is 0. The number of nitrogens with one attached hydrogen (secondary N) is 1. The summed E-state index contributed by atoms with van der Waals surface area (Å²) in [5.74, 6) is 0.495. The van der Waals surface area contributed by atoms with Crippen LogP contribution in [0, 0.1) is 12.8 Å². The van der Waals surface area contributed by atoms with Crippen molar-refractivity contribution in [2.75, 3.05) is 6.61 Å². The molecule has 0 saturated heterocycles. The van der Waals surface area contributed by atoms with Crippen molar-refractivity contribution in [1.82, 2.24) is 9.99 Å². The predicted molar refractivity (Wildman–Crippen MR) is 112 cm³/mol. The Labute approximate surface area is 168 Å². The molecule has 0 bridgehead atoms. The molecule has 2 aliphatic carbocycles. The monoisotopic (exact) mass is 385 g/mol. The summed E-state index contributed by atoms with van der Waals surface area (Å²) in [6.07, 6.45) is 13.9. The summed E-state index contributed by atoms with van der Waals surface area (Å²) < 4.78 is 7.70. The molecule has 0 aromatic carbocycles. The van der Waals surface area contributed by atoms with Crippen LogP contribution < -0.4 is 5.43 Å². The molecule has 3 aliphatic rings. The number of ether oxygens (including phenoxy) is 1. The fraction of sp³-hybridized carbons (Fsp3) is 0.739. The van der Waals surface area contributed by atoms with Crippen molar-refractivity contribution in [1.29, 1.82) is 0 Å². The fourth-order valence-corrected chi connectivity index (χ4v) is 5.41. The Balaban J connectivity index is 1.62. The molecule has 2 fully saturated rings. The summed E-state index contributed by atoms with van der Waals surface area (Å²) in [4.78, 5) is 12.5. The van der Waals surface area contributed by atoms with Gasteiger partial charge in [0, 0.05) is 18.7 Å². The minimum Gasteiger partial charge on any atom is -0.462 e. The van der Waals surface area contributed by atoms with Crippen molar-refractivity contribution >= 4 is 11.7 Å². The molecule has 5 nitrogen and oxygen atoms in total. The first kappa shape index (κ1) is 19.5. The Hall–Kier alpha value is -1.78. The number of hydrogen-bond donors (Lipinski definition) is 1. The maximum atomic E-state index is 12.5. The van der Waals surface area contributed by atoms with E-state index in [1.165, 1.54) is 64.2 Å². The van der Waals surface area contributed by atoms with Crippen molar-refractivity contribution in [3.63, 3.8) is 0 Å². The first-order valence-electron chi connectivity index (χ1n) is 11.3. The highest BCUT2D eigenvalue weighted by Gasteiger charge is 2.38. The minimum atomic E-state index is -0.206. The highest BCUT2D eigenvalue weighted by Crippen LogP contribution is 2.36. The van der Waals surface area contributed by atoms with E-state index in [2.05, 4.69) is 16.9 Å². The van der Waals surface area contributed by atoms with Crippen LogP contribution in [0.25, 0.3) is 0 Å². The van der Waals surface area contributed by atoms with Crippen LogP contribution in [0.2, 0.25) is 0 Å². The van der Waals surface area contributed by atoms with Gasteiger partial charge in [-0.25, -0.2) is 4.79 Å². The lowest BCUT2D eigenvalue weighted by Gasteiger charge is -2.32. The van der Waals surface area contributed by atoms with E-state index in [1.54, 1.807) is 0 Å². The van der Waals surface area contributed by atoms with Crippen molar-refractivity contribution in [2.45, 2.75) is 96.6 Å². The normalized spacial score (nSPS) is 22.1. The van der Waals surface area contributed by atoms with E-state index < -0.39 is 0 Å². The highest BCUT2D eigenvalue weighted by molar-refractivity contribution is 6.03. The molecule has 0 atom stereocenters. The molecule has 0 unspecified atom stereocenters. The van der Waals surface area contributed by atoms with E-state index in [1.807, 2.05) is 13.0 Å². The molecule has 5 heteroatoms. The van der Waals surface area contributed by atoms with Crippen molar-refractivity contribution in [2.24, 2.45) is 11.0 Å². The molecule has 1 aromatic heterocycles. The molecule has 1 spiro atoms. The molecule has 1 N–H and O–H groups in total. The summed E-state index contributed by atoms with van der Waals surface area (Å²) in [6.45, 7) is 5.34. The topological polar surface area (TPSA) is 55.6 Å². The Morgan fingerprint density at radius 3 is 2.64 bits per heavy atom. The lowest BCUT2D eigenvalue weighted by Crippen LogP contribution is -2.40. The van der Waals surface area contributed by atoms with E-state index in [4.69, 9.17) is 9.84 Å². The van der Waals surface area contributed by atoms with Crippen LogP contribution in [-0.2, 0) is 11.3 Å². The molecular formula is C23H35N3O2. The molecule has 1 aromatic rings. The summed E-state index contributed by atoms with van der Waals surface area (Å²) in [6, 6.07) is 2.04. The van der Waals surface area contributed by atoms with Gasteiger partial charge in [-0.05, 0) is 51.5 Å². The zero-order valence-electron chi connectivity index (χ0n) is 17.6. The van der Waals surface area contributed by atoms with Gasteiger partial charge in [-0.2, -0.15) is 5.10 Å². The number of aromatic nitrogens is 1. The maximum Gasteiger partial charge on any atom is 0.339 e. The molecule has 0 radical (unpaired) electrons. The number of rotatable bonds is 5. The number of nitrogens with zero attached hydrogens (tertiary/aromatic N) is 2. The van der Waals surface area contributed by atoms with Crippen molar-refractivity contribution in [3.8, 4) is 0 Å².